The molecule has 0 saturated carbocycles. The second-order valence-electron chi connectivity index (χ2n) is 2.46. The first kappa shape index (κ1) is 13.4. The lowest BCUT2D eigenvalue weighted by Gasteiger charge is -2.07. The molecule has 0 aromatic heterocycles. The van der Waals surface area contributed by atoms with Crippen LogP contribution in [0.2, 0.25) is 0 Å². The molecule has 0 atom stereocenters. The Labute approximate surface area is 89.4 Å². The molecule has 2 nitrogen and oxygen atoms in total. The number of hydrogen-bond acceptors (Lipinski definition) is 2. The minimum atomic E-state index is -4.20. The van der Waals surface area contributed by atoms with E-state index in [0.29, 0.717) is 13.0 Å². The highest BCUT2D eigenvalue weighted by molar-refractivity contribution is 14.1. The first-order valence-electron chi connectivity index (χ1n) is 3.97. The summed E-state index contributed by atoms with van der Waals surface area (Å²) in [7, 11) is 0. The number of hydrogen-bond donors (Lipinski definition) is 1. The monoisotopic (exact) mass is 311 g/mol. The van der Waals surface area contributed by atoms with E-state index < -0.39 is 12.8 Å². The summed E-state index contributed by atoms with van der Waals surface area (Å²) in [5.41, 5.74) is 0. The third-order valence-corrected chi connectivity index (χ3v) is 1.72. The maximum absolute atomic E-state index is 11.5. The van der Waals surface area contributed by atoms with Crippen molar-refractivity contribution >= 4 is 22.6 Å². The van der Waals surface area contributed by atoms with Crippen molar-refractivity contribution in [1.29, 1.82) is 0 Å². The Hall–Kier alpha value is 0.440. The summed E-state index contributed by atoms with van der Waals surface area (Å²) >= 11 is 2.22. The molecule has 0 aromatic rings. The van der Waals surface area contributed by atoms with E-state index in [1.54, 1.807) is 0 Å². The van der Waals surface area contributed by atoms with E-state index in [9.17, 15) is 13.2 Å². The highest BCUT2D eigenvalue weighted by Crippen LogP contribution is 2.14. The molecule has 0 bridgehead atoms. The molecule has 0 aromatic carbocycles. The van der Waals surface area contributed by atoms with Gasteiger partial charge in [-0.15, -0.1) is 0 Å². The fourth-order valence-corrected chi connectivity index (χ4v) is 1.06. The van der Waals surface area contributed by atoms with E-state index in [1.807, 2.05) is 0 Å². The maximum Gasteiger partial charge on any atom is 0.411 e. The molecule has 0 fully saturated rings. The summed E-state index contributed by atoms with van der Waals surface area (Å²) in [6, 6.07) is 0. The fourth-order valence-electron chi connectivity index (χ4n) is 0.679. The Morgan fingerprint density at radius 1 is 1.23 bits per heavy atom. The van der Waals surface area contributed by atoms with Gasteiger partial charge in [-0.1, -0.05) is 22.6 Å². The third-order valence-electron chi connectivity index (χ3n) is 1.18. The van der Waals surface area contributed by atoms with Crippen LogP contribution >= 0.6 is 22.6 Å². The molecule has 0 saturated heterocycles. The lowest BCUT2D eigenvalue weighted by atomic mass is 10.4. The van der Waals surface area contributed by atoms with Crippen LogP contribution in [0.3, 0.4) is 0 Å². The van der Waals surface area contributed by atoms with E-state index in [-0.39, 0.29) is 6.61 Å². The van der Waals surface area contributed by atoms with Crippen molar-refractivity contribution < 1.29 is 17.9 Å². The van der Waals surface area contributed by atoms with Gasteiger partial charge >= 0.3 is 6.18 Å². The van der Waals surface area contributed by atoms with Crippen LogP contribution in [-0.2, 0) is 4.74 Å². The molecule has 0 spiro atoms. The Balaban J connectivity index is 3.00. The number of nitrogens with one attached hydrogen (secondary N) is 1. The molecule has 0 aliphatic carbocycles. The predicted molar refractivity (Wildman–Crippen MR) is 53.2 cm³/mol. The van der Waals surface area contributed by atoms with Crippen molar-refractivity contribution in [2.24, 2.45) is 0 Å². The molecular weight excluding hydrogens is 298 g/mol. The minimum absolute atomic E-state index is 0.160. The predicted octanol–water partition coefficient (Wildman–Crippen LogP) is 1.98. The van der Waals surface area contributed by atoms with Crippen molar-refractivity contribution in [1.82, 2.24) is 5.32 Å². The van der Waals surface area contributed by atoms with Crippen LogP contribution in [0.15, 0.2) is 0 Å². The second-order valence-corrected chi connectivity index (χ2v) is 3.54. The first-order chi connectivity index (χ1) is 6.06. The number of halogens is 4. The highest BCUT2D eigenvalue weighted by atomic mass is 127. The molecule has 0 radical (unpaired) electrons. The van der Waals surface area contributed by atoms with Gasteiger partial charge in [0.05, 0.1) is 0 Å². The SMILES string of the molecule is FC(F)(F)COCCCNCCI. The van der Waals surface area contributed by atoms with Crippen molar-refractivity contribution in [3.63, 3.8) is 0 Å². The molecule has 0 aliphatic heterocycles. The van der Waals surface area contributed by atoms with Gasteiger partial charge in [0.15, 0.2) is 0 Å². The van der Waals surface area contributed by atoms with Crippen LogP contribution in [0.5, 0.6) is 0 Å². The van der Waals surface area contributed by atoms with Gasteiger partial charge in [0.2, 0.25) is 0 Å². The molecule has 80 valence electrons. The van der Waals surface area contributed by atoms with E-state index in [4.69, 9.17) is 0 Å². The summed E-state index contributed by atoms with van der Waals surface area (Å²) < 4.78 is 40.0. The molecule has 0 rings (SSSR count). The number of alkyl halides is 4. The lowest BCUT2D eigenvalue weighted by molar-refractivity contribution is -0.173. The molecule has 0 amide bonds. The van der Waals surface area contributed by atoms with Crippen LogP contribution in [0.1, 0.15) is 6.42 Å². The summed E-state index contributed by atoms with van der Waals surface area (Å²) in [6.45, 7) is 0.619. The summed E-state index contributed by atoms with van der Waals surface area (Å²) in [6.07, 6.45) is -3.58. The van der Waals surface area contributed by atoms with E-state index >= 15 is 0 Å². The molecule has 0 aliphatic rings. The Kier molecular flexibility index (Phi) is 8.07. The molecule has 1 N–H and O–H groups in total. The van der Waals surface area contributed by atoms with Gasteiger partial charge in [0.1, 0.15) is 6.61 Å². The zero-order chi connectivity index (χ0) is 10.2. The van der Waals surface area contributed by atoms with E-state index in [1.165, 1.54) is 0 Å². The molecular formula is C7H13F3INO. The van der Waals surface area contributed by atoms with Gasteiger partial charge in [-0.25, -0.2) is 0 Å². The van der Waals surface area contributed by atoms with Crippen molar-refractivity contribution in [2.75, 3.05) is 30.7 Å². The summed E-state index contributed by atoms with van der Waals surface area (Å²) in [4.78, 5) is 0. The van der Waals surface area contributed by atoms with Crippen molar-refractivity contribution in [3.8, 4) is 0 Å². The second kappa shape index (κ2) is 7.81. The fraction of sp³-hybridized carbons (Fsp3) is 1.00. The highest BCUT2D eigenvalue weighted by Gasteiger charge is 2.26. The lowest BCUT2D eigenvalue weighted by Crippen LogP contribution is -2.21. The van der Waals surface area contributed by atoms with Crippen LogP contribution in [-0.4, -0.2) is 36.9 Å². The van der Waals surface area contributed by atoms with E-state index in [2.05, 4.69) is 32.6 Å². The normalized spacial score (nSPS) is 12.0. The van der Waals surface area contributed by atoms with Gasteiger partial charge in [-0.2, -0.15) is 13.2 Å². The number of ether oxygens (including phenoxy) is 1. The molecule has 6 heteroatoms. The first-order valence-corrected chi connectivity index (χ1v) is 5.50. The van der Waals surface area contributed by atoms with Crippen LogP contribution in [0.25, 0.3) is 0 Å². The number of rotatable bonds is 7. The topological polar surface area (TPSA) is 21.3 Å². The Bertz CT molecular complexity index is 121. The summed E-state index contributed by atoms with van der Waals surface area (Å²) in [5.74, 6) is 0. The standard InChI is InChI=1S/C7H13F3INO/c8-7(9,10)6-13-5-1-3-12-4-2-11/h12H,1-6H2. The zero-order valence-corrected chi connectivity index (χ0v) is 9.32. The maximum atomic E-state index is 11.5. The van der Waals surface area contributed by atoms with Gasteiger partial charge in [-0.05, 0) is 13.0 Å². The third kappa shape index (κ3) is 12.4. The zero-order valence-electron chi connectivity index (χ0n) is 7.16. The minimum Gasteiger partial charge on any atom is -0.372 e. The summed E-state index contributed by atoms with van der Waals surface area (Å²) in [5, 5.41) is 3.06. The Morgan fingerprint density at radius 2 is 1.92 bits per heavy atom. The largest absolute Gasteiger partial charge is 0.411 e. The molecule has 0 unspecified atom stereocenters. The van der Waals surface area contributed by atoms with Gasteiger partial charge in [-0.3, -0.25) is 0 Å². The molecule has 0 heterocycles. The van der Waals surface area contributed by atoms with Gasteiger partial charge in [0, 0.05) is 17.6 Å². The molecule has 13 heavy (non-hydrogen) atoms. The van der Waals surface area contributed by atoms with Crippen LogP contribution < -0.4 is 5.32 Å². The smallest absolute Gasteiger partial charge is 0.372 e. The van der Waals surface area contributed by atoms with Gasteiger partial charge < -0.3 is 10.1 Å². The Morgan fingerprint density at radius 3 is 2.46 bits per heavy atom. The van der Waals surface area contributed by atoms with Gasteiger partial charge in [0.25, 0.3) is 0 Å². The van der Waals surface area contributed by atoms with Crippen molar-refractivity contribution in [3.05, 3.63) is 0 Å². The van der Waals surface area contributed by atoms with Crippen LogP contribution in [0.4, 0.5) is 13.2 Å². The average molecular weight is 311 g/mol. The quantitative estimate of drug-likeness (QED) is 0.441. The van der Waals surface area contributed by atoms with Crippen molar-refractivity contribution in [2.45, 2.75) is 12.6 Å². The average Bonchev–Trinajstić information content (AvgIpc) is 2.01. The van der Waals surface area contributed by atoms with Crippen LogP contribution in [0, 0.1) is 0 Å². The van der Waals surface area contributed by atoms with E-state index in [0.717, 1.165) is 11.0 Å².